The number of pyridine rings is 1. The van der Waals surface area contributed by atoms with E-state index in [-0.39, 0.29) is 30.4 Å². The molecule has 5 aromatic rings. The van der Waals surface area contributed by atoms with Gasteiger partial charge in [0.15, 0.2) is 5.65 Å². The lowest BCUT2D eigenvalue weighted by Crippen LogP contribution is -3.28. The van der Waals surface area contributed by atoms with Gasteiger partial charge in [-0.15, -0.1) is 0 Å². The van der Waals surface area contributed by atoms with Crippen LogP contribution < -0.4 is 44.9 Å². The standard InChI is InChI=1S/C34H40N6O2.2ClH/c1-4-12-29-35-25(2)31-34(41)39(28-17-18-30(42-3)36-33(28)40(29)31)20-11-19-37-21-23-38(24-22-37)32(26-13-7-5-8-14-26)27-15-9-6-10-16-27;;/h5-10,13-18,32H,4,11-12,19-24H2,1-3H3;2*1H. The summed E-state index contributed by atoms with van der Waals surface area (Å²) in [6.07, 6.45) is 2.67. The highest BCUT2D eigenvalue weighted by molar-refractivity contribution is 5.77. The molecule has 3 aromatic heterocycles. The van der Waals surface area contributed by atoms with Crippen molar-refractivity contribution in [3.8, 4) is 5.88 Å². The molecule has 2 aromatic carbocycles. The maximum atomic E-state index is 13.8. The molecule has 1 aliphatic heterocycles. The Kier molecular flexibility index (Phi) is 11.4. The number of aryl methyl sites for hydroxylation is 3. The molecular weight excluding hydrogens is 595 g/mol. The van der Waals surface area contributed by atoms with Crippen LogP contribution in [0.5, 0.6) is 5.88 Å². The highest BCUT2D eigenvalue weighted by Gasteiger charge is 2.31. The van der Waals surface area contributed by atoms with Crippen molar-refractivity contribution in [3.63, 3.8) is 0 Å². The molecule has 44 heavy (non-hydrogen) atoms. The number of ether oxygens (including phenoxy) is 1. The second-order valence-corrected chi connectivity index (χ2v) is 11.5. The second-order valence-electron chi connectivity index (χ2n) is 11.5. The molecule has 0 aliphatic carbocycles. The molecule has 0 bridgehead atoms. The largest absolute Gasteiger partial charge is 1.00 e. The van der Waals surface area contributed by atoms with Crippen molar-refractivity contribution < 1.29 is 39.4 Å². The van der Waals surface area contributed by atoms with Crippen molar-refractivity contribution in [2.75, 3.05) is 39.8 Å². The normalized spacial score (nSPS) is 16.5. The predicted octanol–water partition coefficient (Wildman–Crippen LogP) is -3.72. The average Bonchev–Trinajstić information content (AvgIpc) is 3.36. The molecule has 0 amide bonds. The summed E-state index contributed by atoms with van der Waals surface area (Å²) in [5, 5.41) is 0. The van der Waals surface area contributed by atoms with Gasteiger partial charge in [0.05, 0.1) is 24.9 Å². The monoisotopic (exact) mass is 636 g/mol. The van der Waals surface area contributed by atoms with Crippen LogP contribution >= 0.6 is 0 Å². The molecule has 0 saturated carbocycles. The van der Waals surface area contributed by atoms with Crippen LogP contribution in [0.15, 0.2) is 77.6 Å². The molecule has 1 fully saturated rings. The van der Waals surface area contributed by atoms with Crippen LogP contribution in [0, 0.1) is 6.92 Å². The number of hydrogen-bond acceptors (Lipinski definition) is 4. The molecule has 234 valence electrons. The molecule has 6 rings (SSSR count). The number of halogens is 2. The van der Waals surface area contributed by atoms with Crippen LogP contribution in [0.1, 0.15) is 48.5 Å². The Morgan fingerprint density at radius 3 is 2.11 bits per heavy atom. The first kappa shape index (κ1) is 33.5. The molecule has 4 heterocycles. The third-order valence-corrected chi connectivity index (χ3v) is 8.77. The number of nitrogens with zero attached hydrogens (tertiary/aromatic N) is 4. The minimum absolute atomic E-state index is 0. The van der Waals surface area contributed by atoms with E-state index in [1.54, 1.807) is 16.9 Å². The number of quaternary nitrogens is 2. The first-order valence-electron chi connectivity index (χ1n) is 15.3. The number of benzene rings is 2. The van der Waals surface area contributed by atoms with E-state index in [1.165, 1.54) is 11.1 Å². The molecule has 1 saturated heterocycles. The van der Waals surface area contributed by atoms with Crippen LogP contribution in [-0.4, -0.2) is 58.8 Å². The number of imidazole rings is 1. The van der Waals surface area contributed by atoms with Gasteiger partial charge in [0.25, 0.3) is 5.56 Å². The zero-order valence-corrected chi connectivity index (χ0v) is 27.2. The first-order chi connectivity index (χ1) is 20.6. The van der Waals surface area contributed by atoms with Gasteiger partial charge < -0.3 is 43.9 Å². The Morgan fingerprint density at radius 2 is 1.52 bits per heavy atom. The highest BCUT2D eigenvalue weighted by atomic mass is 35.5. The van der Waals surface area contributed by atoms with Gasteiger partial charge in [-0.3, -0.25) is 9.20 Å². The smallest absolute Gasteiger partial charge is 0.277 e. The summed E-state index contributed by atoms with van der Waals surface area (Å²) >= 11 is 0. The fourth-order valence-electron chi connectivity index (χ4n) is 6.73. The van der Waals surface area contributed by atoms with Crippen LogP contribution in [0.25, 0.3) is 16.7 Å². The quantitative estimate of drug-likeness (QED) is 0.166. The highest BCUT2D eigenvalue weighted by Crippen LogP contribution is 2.22. The zero-order chi connectivity index (χ0) is 29.1. The first-order valence-corrected chi connectivity index (χ1v) is 15.3. The lowest BCUT2D eigenvalue weighted by Gasteiger charge is -2.35. The van der Waals surface area contributed by atoms with Gasteiger partial charge in [-0.2, -0.15) is 4.98 Å². The summed E-state index contributed by atoms with van der Waals surface area (Å²) in [5.74, 6) is 1.42. The van der Waals surface area contributed by atoms with Crippen molar-refractivity contribution in [1.82, 2.24) is 18.9 Å². The van der Waals surface area contributed by atoms with Crippen LogP contribution in [0.2, 0.25) is 0 Å². The Bertz CT molecular complexity index is 1680. The van der Waals surface area contributed by atoms with Gasteiger partial charge in [0, 0.05) is 36.6 Å². The van der Waals surface area contributed by atoms with E-state index in [0.29, 0.717) is 24.0 Å². The Morgan fingerprint density at radius 1 is 0.886 bits per heavy atom. The van der Waals surface area contributed by atoms with Gasteiger partial charge in [0.1, 0.15) is 43.6 Å². The minimum atomic E-state index is 0. The number of fused-ring (bicyclic) bond motifs is 3. The Balaban J connectivity index is 0.00000221. The van der Waals surface area contributed by atoms with Gasteiger partial charge in [-0.25, -0.2) is 4.98 Å². The van der Waals surface area contributed by atoms with Crippen LogP contribution in [-0.2, 0) is 13.0 Å². The molecule has 2 N–H and O–H groups in total. The summed E-state index contributed by atoms with van der Waals surface area (Å²) in [5.41, 5.74) is 5.74. The molecule has 10 heteroatoms. The van der Waals surface area contributed by atoms with Gasteiger partial charge in [0.2, 0.25) is 5.88 Å². The lowest BCUT2D eigenvalue weighted by atomic mass is 9.96. The number of hydrogen-bond donors (Lipinski definition) is 2. The summed E-state index contributed by atoms with van der Waals surface area (Å²) in [6.45, 7) is 10.2. The summed E-state index contributed by atoms with van der Waals surface area (Å²) < 4.78 is 9.32. The average molecular weight is 638 g/mol. The van der Waals surface area contributed by atoms with Crippen molar-refractivity contribution in [3.05, 3.63) is 106 Å². The number of aromatic nitrogens is 4. The molecular formula is C34H42Cl2N6O2. The van der Waals surface area contributed by atoms with Gasteiger partial charge in [-0.1, -0.05) is 67.6 Å². The number of methoxy groups -OCH3 is 1. The zero-order valence-electron chi connectivity index (χ0n) is 25.7. The van der Waals surface area contributed by atoms with E-state index in [0.717, 1.165) is 74.7 Å². The van der Waals surface area contributed by atoms with E-state index >= 15 is 0 Å². The van der Waals surface area contributed by atoms with E-state index < -0.39 is 0 Å². The lowest BCUT2D eigenvalue weighted by molar-refractivity contribution is -1.02. The molecule has 0 radical (unpaired) electrons. The third kappa shape index (κ3) is 6.64. The maximum Gasteiger partial charge on any atom is 0.277 e. The Hall–Kier alpha value is -3.43. The van der Waals surface area contributed by atoms with Gasteiger partial charge >= 0.3 is 0 Å². The number of nitrogens with one attached hydrogen (secondary N) is 2. The molecule has 1 aliphatic rings. The Labute approximate surface area is 271 Å². The third-order valence-electron chi connectivity index (χ3n) is 8.77. The van der Waals surface area contributed by atoms with Crippen molar-refractivity contribution in [2.45, 2.75) is 45.7 Å². The predicted molar refractivity (Wildman–Crippen MR) is 166 cm³/mol. The molecule has 8 nitrogen and oxygen atoms in total. The molecule has 0 unspecified atom stereocenters. The van der Waals surface area contributed by atoms with E-state index in [2.05, 4.69) is 67.6 Å². The topological polar surface area (TPSA) is 70.3 Å². The SMILES string of the molecule is CCCc1nc(C)c2c(=O)n(CCC[NH+]3CC[NH+](C(c4ccccc4)c4ccccc4)CC3)c3ccc(OC)nc3n12.[Cl-].[Cl-]. The van der Waals surface area contributed by atoms with Gasteiger partial charge in [-0.05, 0) is 19.4 Å². The summed E-state index contributed by atoms with van der Waals surface area (Å²) in [7, 11) is 1.62. The minimum Gasteiger partial charge on any atom is -1.00 e. The van der Waals surface area contributed by atoms with Crippen molar-refractivity contribution >= 4 is 16.7 Å². The fourth-order valence-corrected chi connectivity index (χ4v) is 6.73. The van der Waals surface area contributed by atoms with Crippen molar-refractivity contribution in [2.24, 2.45) is 0 Å². The molecule has 0 atom stereocenters. The van der Waals surface area contributed by atoms with Crippen LogP contribution in [0.3, 0.4) is 0 Å². The summed E-state index contributed by atoms with van der Waals surface area (Å²) in [6, 6.07) is 26.0. The van der Waals surface area contributed by atoms with E-state index in [9.17, 15) is 4.79 Å². The van der Waals surface area contributed by atoms with E-state index in [4.69, 9.17) is 14.7 Å². The molecule has 0 spiro atoms. The summed E-state index contributed by atoms with van der Waals surface area (Å²) in [4.78, 5) is 26.6. The second kappa shape index (κ2) is 15.0. The van der Waals surface area contributed by atoms with Crippen LogP contribution in [0.4, 0.5) is 0 Å². The maximum absolute atomic E-state index is 13.8. The van der Waals surface area contributed by atoms with E-state index in [1.807, 2.05) is 28.0 Å². The van der Waals surface area contributed by atoms with Crippen molar-refractivity contribution in [1.29, 1.82) is 0 Å². The number of rotatable bonds is 10. The number of piperazine rings is 1. The fraction of sp³-hybridized carbons (Fsp3) is 0.382.